The van der Waals surface area contributed by atoms with Crippen LogP contribution in [0.4, 0.5) is 0 Å². The highest BCUT2D eigenvalue weighted by Gasteiger charge is 2.23. The second-order valence-corrected chi connectivity index (χ2v) is 5.26. The molecule has 0 aromatic carbocycles. The van der Waals surface area contributed by atoms with Crippen LogP contribution in [-0.2, 0) is 9.47 Å². The standard InChI is InChI=1S/C15H32N4O2.HI/c1-4-21-11-6-8-17-15(16-2)18-13-14-7-5-9-19(14)10-12-20-3;/h14H,4-13H2,1-3H3,(H2,16,17,18);1H. The van der Waals surface area contributed by atoms with Gasteiger partial charge in [-0.25, -0.2) is 0 Å². The molecule has 1 atom stereocenters. The SMILES string of the molecule is CCOCCCNC(=NC)NCC1CCCN1CCOC.I. The Kier molecular flexibility index (Phi) is 14.4. The number of likely N-dealkylation sites (tertiary alicyclic amines) is 1. The van der Waals surface area contributed by atoms with Gasteiger partial charge in [-0.2, -0.15) is 0 Å². The average Bonchev–Trinajstić information content (AvgIpc) is 2.95. The van der Waals surface area contributed by atoms with Crippen molar-refractivity contribution in [3.63, 3.8) is 0 Å². The van der Waals surface area contributed by atoms with Crippen LogP contribution < -0.4 is 10.6 Å². The van der Waals surface area contributed by atoms with Crippen LogP contribution in [0.25, 0.3) is 0 Å². The van der Waals surface area contributed by atoms with Crippen molar-refractivity contribution in [1.82, 2.24) is 15.5 Å². The molecule has 1 aliphatic rings. The summed E-state index contributed by atoms with van der Waals surface area (Å²) >= 11 is 0. The first-order chi connectivity index (χ1) is 10.3. The van der Waals surface area contributed by atoms with E-state index in [1.807, 2.05) is 14.0 Å². The molecule has 7 heteroatoms. The molecule has 0 aromatic heterocycles. The Labute approximate surface area is 152 Å². The maximum Gasteiger partial charge on any atom is 0.191 e. The largest absolute Gasteiger partial charge is 0.383 e. The Hall–Kier alpha value is -0.120. The van der Waals surface area contributed by atoms with Crippen molar-refractivity contribution in [2.24, 2.45) is 4.99 Å². The Bertz CT molecular complexity index is 293. The van der Waals surface area contributed by atoms with Crippen LogP contribution in [-0.4, -0.2) is 77.1 Å². The number of aliphatic imine (C=N–C) groups is 1. The maximum absolute atomic E-state index is 5.32. The summed E-state index contributed by atoms with van der Waals surface area (Å²) in [5.41, 5.74) is 0. The highest BCUT2D eigenvalue weighted by molar-refractivity contribution is 14.0. The first-order valence-corrected chi connectivity index (χ1v) is 8.07. The number of nitrogens with one attached hydrogen (secondary N) is 2. The van der Waals surface area contributed by atoms with Crippen molar-refractivity contribution in [3.05, 3.63) is 0 Å². The molecule has 1 unspecified atom stereocenters. The van der Waals surface area contributed by atoms with Crippen molar-refractivity contribution < 1.29 is 9.47 Å². The molecule has 0 aromatic rings. The number of hydrogen-bond acceptors (Lipinski definition) is 4. The highest BCUT2D eigenvalue weighted by atomic mass is 127. The second kappa shape index (κ2) is 14.5. The Morgan fingerprint density at radius 3 is 2.82 bits per heavy atom. The van der Waals surface area contributed by atoms with Gasteiger partial charge < -0.3 is 20.1 Å². The van der Waals surface area contributed by atoms with Crippen LogP contribution in [0.2, 0.25) is 0 Å². The summed E-state index contributed by atoms with van der Waals surface area (Å²) in [7, 11) is 3.58. The van der Waals surface area contributed by atoms with Gasteiger partial charge in [-0.3, -0.25) is 9.89 Å². The van der Waals surface area contributed by atoms with Crippen LogP contribution in [0.5, 0.6) is 0 Å². The number of guanidine groups is 1. The van der Waals surface area contributed by atoms with Crippen LogP contribution in [0.15, 0.2) is 4.99 Å². The molecule has 2 N–H and O–H groups in total. The van der Waals surface area contributed by atoms with Crippen molar-refractivity contribution in [2.75, 3.05) is 60.2 Å². The third kappa shape index (κ3) is 9.12. The van der Waals surface area contributed by atoms with Gasteiger partial charge in [-0.05, 0) is 32.7 Å². The summed E-state index contributed by atoms with van der Waals surface area (Å²) in [6, 6.07) is 0.585. The minimum Gasteiger partial charge on any atom is -0.383 e. The quantitative estimate of drug-likeness (QED) is 0.238. The Morgan fingerprint density at radius 1 is 1.32 bits per heavy atom. The van der Waals surface area contributed by atoms with Gasteiger partial charge in [-0.1, -0.05) is 0 Å². The van der Waals surface area contributed by atoms with E-state index in [4.69, 9.17) is 9.47 Å². The Balaban J connectivity index is 0.00000441. The molecular formula is C15H33IN4O2. The molecule has 0 aliphatic carbocycles. The van der Waals surface area contributed by atoms with Crippen molar-refractivity contribution in [1.29, 1.82) is 0 Å². The molecule has 1 fully saturated rings. The molecule has 132 valence electrons. The first-order valence-electron chi connectivity index (χ1n) is 8.07. The van der Waals surface area contributed by atoms with Crippen molar-refractivity contribution >= 4 is 29.9 Å². The van der Waals surface area contributed by atoms with E-state index in [0.29, 0.717) is 6.04 Å². The lowest BCUT2D eigenvalue weighted by Crippen LogP contribution is -2.45. The fourth-order valence-corrected chi connectivity index (χ4v) is 2.59. The zero-order valence-electron chi connectivity index (χ0n) is 14.3. The fourth-order valence-electron chi connectivity index (χ4n) is 2.59. The molecule has 6 nitrogen and oxygen atoms in total. The number of ether oxygens (including phenoxy) is 2. The van der Waals surface area contributed by atoms with E-state index in [1.165, 1.54) is 19.4 Å². The lowest BCUT2D eigenvalue weighted by Gasteiger charge is -2.25. The van der Waals surface area contributed by atoms with Gasteiger partial charge in [0.05, 0.1) is 6.61 Å². The third-order valence-corrected chi connectivity index (χ3v) is 3.77. The molecule has 1 aliphatic heterocycles. The monoisotopic (exact) mass is 428 g/mol. The number of nitrogens with zero attached hydrogens (tertiary/aromatic N) is 2. The van der Waals surface area contributed by atoms with E-state index in [9.17, 15) is 0 Å². The van der Waals surface area contributed by atoms with Gasteiger partial charge in [0, 0.05) is 53.0 Å². The van der Waals surface area contributed by atoms with Crippen LogP contribution in [0, 0.1) is 0 Å². The highest BCUT2D eigenvalue weighted by Crippen LogP contribution is 2.15. The number of rotatable bonds is 10. The molecule has 0 spiro atoms. The zero-order chi connectivity index (χ0) is 15.3. The summed E-state index contributed by atoms with van der Waals surface area (Å²) in [6.07, 6.45) is 3.52. The van der Waals surface area contributed by atoms with Gasteiger partial charge in [0.25, 0.3) is 0 Å². The molecular weight excluding hydrogens is 395 g/mol. The topological polar surface area (TPSA) is 58.1 Å². The normalized spacial score (nSPS) is 19.0. The first kappa shape index (κ1) is 21.9. The van der Waals surface area contributed by atoms with Gasteiger partial charge in [0.2, 0.25) is 0 Å². The molecule has 0 amide bonds. The predicted octanol–water partition coefficient (Wildman–Crippen LogP) is 1.31. The lowest BCUT2D eigenvalue weighted by molar-refractivity contribution is 0.141. The third-order valence-electron chi connectivity index (χ3n) is 3.77. The predicted molar refractivity (Wildman–Crippen MR) is 102 cm³/mol. The zero-order valence-corrected chi connectivity index (χ0v) is 16.6. The second-order valence-electron chi connectivity index (χ2n) is 5.26. The number of halogens is 1. The van der Waals surface area contributed by atoms with E-state index in [-0.39, 0.29) is 24.0 Å². The van der Waals surface area contributed by atoms with E-state index in [0.717, 1.165) is 51.8 Å². The van der Waals surface area contributed by atoms with Crippen LogP contribution >= 0.6 is 24.0 Å². The van der Waals surface area contributed by atoms with E-state index in [1.54, 1.807) is 7.11 Å². The summed E-state index contributed by atoms with van der Waals surface area (Å²) in [5.74, 6) is 0.880. The summed E-state index contributed by atoms with van der Waals surface area (Å²) < 4.78 is 10.5. The van der Waals surface area contributed by atoms with Crippen LogP contribution in [0.3, 0.4) is 0 Å². The minimum atomic E-state index is 0. The van der Waals surface area contributed by atoms with Crippen molar-refractivity contribution in [2.45, 2.75) is 32.2 Å². The molecule has 1 rings (SSSR count). The minimum absolute atomic E-state index is 0. The summed E-state index contributed by atoms with van der Waals surface area (Å²) in [6.45, 7) is 8.43. The smallest absolute Gasteiger partial charge is 0.191 e. The summed E-state index contributed by atoms with van der Waals surface area (Å²) in [4.78, 5) is 6.76. The molecule has 22 heavy (non-hydrogen) atoms. The average molecular weight is 428 g/mol. The molecule has 0 saturated carbocycles. The van der Waals surface area contributed by atoms with Gasteiger partial charge in [0.1, 0.15) is 0 Å². The fraction of sp³-hybridized carbons (Fsp3) is 0.933. The van der Waals surface area contributed by atoms with Gasteiger partial charge in [0.15, 0.2) is 5.96 Å². The molecule has 1 heterocycles. The molecule has 0 bridgehead atoms. The summed E-state index contributed by atoms with van der Waals surface area (Å²) in [5, 5.41) is 6.75. The van der Waals surface area contributed by atoms with Gasteiger partial charge in [-0.15, -0.1) is 24.0 Å². The van der Waals surface area contributed by atoms with E-state index >= 15 is 0 Å². The number of methoxy groups -OCH3 is 1. The lowest BCUT2D eigenvalue weighted by atomic mass is 10.2. The van der Waals surface area contributed by atoms with Crippen molar-refractivity contribution in [3.8, 4) is 0 Å². The number of hydrogen-bond donors (Lipinski definition) is 2. The van der Waals surface area contributed by atoms with E-state index in [2.05, 4.69) is 20.5 Å². The molecule has 1 saturated heterocycles. The van der Waals surface area contributed by atoms with Gasteiger partial charge >= 0.3 is 0 Å². The molecule has 0 radical (unpaired) electrons. The van der Waals surface area contributed by atoms with Crippen LogP contribution in [0.1, 0.15) is 26.2 Å². The van der Waals surface area contributed by atoms with E-state index < -0.39 is 0 Å². The Morgan fingerprint density at radius 2 is 2.14 bits per heavy atom. The maximum atomic E-state index is 5.32.